The normalized spacial score (nSPS) is 18.8. The van der Waals surface area contributed by atoms with Crippen LogP contribution in [0.4, 0.5) is 0 Å². The third-order valence-corrected chi connectivity index (χ3v) is 6.31. The van der Waals surface area contributed by atoms with Gasteiger partial charge in [0.2, 0.25) is 0 Å². The van der Waals surface area contributed by atoms with Gasteiger partial charge in [0.25, 0.3) is 11.8 Å². The molecule has 1 aliphatic heterocycles. The highest BCUT2D eigenvalue weighted by molar-refractivity contribution is 5.91. The van der Waals surface area contributed by atoms with Crippen LogP contribution in [-0.2, 0) is 14.3 Å². The second kappa shape index (κ2) is 10.2. The van der Waals surface area contributed by atoms with Crippen molar-refractivity contribution in [3.05, 3.63) is 35.7 Å². The Labute approximate surface area is 187 Å². The number of nitrogens with one attached hydrogen (secondary N) is 1. The first-order valence-corrected chi connectivity index (χ1v) is 11.2. The molecule has 0 bridgehead atoms. The molecule has 32 heavy (non-hydrogen) atoms. The van der Waals surface area contributed by atoms with Gasteiger partial charge < -0.3 is 19.3 Å². The summed E-state index contributed by atoms with van der Waals surface area (Å²) in [5.41, 5.74) is 1.04. The van der Waals surface area contributed by atoms with Gasteiger partial charge in [-0.1, -0.05) is 24.4 Å². The first-order chi connectivity index (χ1) is 15.6. The van der Waals surface area contributed by atoms with E-state index in [4.69, 9.17) is 14.0 Å². The van der Waals surface area contributed by atoms with Gasteiger partial charge in [-0.3, -0.25) is 9.69 Å². The molecule has 0 spiro atoms. The molecule has 1 amide bonds. The van der Waals surface area contributed by atoms with E-state index in [1.165, 1.54) is 19.3 Å². The van der Waals surface area contributed by atoms with Crippen molar-refractivity contribution in [1.82, 2.24) is 20.4 Å². The van der Waals surface area contributed by atoms with Gasteiger partial charge in [0, 0.05) is 30.7 Å². The average molecular weight is 443 g/mol. The number of aromatic nitrogens is 2. The van der Waals surface area contributed by atoms with Crippen molar-refractivity contribution in [3.8, 4) is 11.5 Å². The zero-order chi connectivity index (χ0) is 22.4. The lowest BCUT2D eigenvalue weighted by Crippen LogP contribution is -2.59. The summed E-state index contributed by atoms with van der Waals surface area (Å²) in [6, 6.07) is 6.65. The van der Waals surface area contributed by atoms with Crippen LogP contribution in [0.1, 0.15) is 48.3 Å². The summed E-state index contributed by atoms with van der Waals surface area (Å²) in [5, 5.41) is 6.76. The number of benzene rings is 1. The van der Waals surface area contributed by atoms with E-state index in [-0.39, 0.29) is 18.1 Å². The molecule has 9 heteroatoms. The molecule has 2 heterocycles. The fraction of sp³-hybridized carbons (Fsp3) is 0.565. The minimum atomic E-state index is -0.547. The van der Waals surface area contributed by atoms with E-state index in [1.807, 2.05) is 0 Å². The Morgan fingerprint density at radius 1 is 1.12 bits per heavy atom. The molecule has 1 saturated carbocycles. The topological polar surface area (TPSA) is 107 Å². The zero-order valence-electron chi connectivity index (χ0n) is 18.5. The van der Waals surface area contributed by atoms with Gasteiger partial charge in [0.1, 0.15) is 0 Å². The molecule has 0 atom stereocenters. The third-order valence-electron chi connectivity index (χ3n) is 6.31. The van der Waals surface area contributed by atoms with Gasteiger partial charge in [0.15, 0.2) is 12.4 Å². The summed E-state index contributed by atoms with van der Waals surface area (Å²) in [4.78, 5) is 31.4. The lowest BCUT2D eigenvalue weighted by molar-refractivity contribution is -0.125. The Bertz CT molecular complexity index is 915. The molecular formula is C23H30N4O5. The first kappa shape index (κ1) is 22.4. The lowest BCUT2D eigenvalue weighted by atomic mass is 9.79. The number of carbonyl (C=O) groups is 2. The van der Waals surface area contributed by atoms with Crippen LogP contribution in [0.5, 0.6) is 0 Å². The van der Waals surface area contributed by atoms with Crippen molar-refractivity contribution in [3.63, 3.8) is 0 Å². The smallest absolute Gasteiger partial charge is 0.338 e. The van der Waals surface area contributed by atoms with Gasteiger partial charge in [-0.05, 0) is 44.0 Å². The van der Waals surface area contributed by atoms with Crippen LogP contribution in [0, 0.1) is 6.92 Å². The highest BCUT2D eigenvalue weighted by Crippen LogP contribution is 2.33. The molecule has 1 aromatic carbocycles. The van der Waals surface area contributed by atoms with E-state index in [1.54, 1.807) is 31.2 Å². The van der Waals surface area contributed by atoms with E-state index >= 15 is 0 Å². The van der Waals surface area contributed by atoms with Gasteiger partial charge in [-0.15, -0.1) is 0 Å². The van der Waals surface area contributed by atoms with Crippen LogP contribution in [0.2, 0.25) is 0 Å². The Morgan fingerprint density at radius 3 is 2.50 bits per heavy atom. The zero-order valence-corrected chi connectivity index (χ0v) is 18.5. The second-order valence-electron chi connectivity index (χ2n) is 8.46. The monoisotopic (exact) mass is 442 g/mol. The van der Waals surface area contributed by atoms with E-state index in [0.717, 1.165) is 39.1 Å². The predicted molar refractivity (Wildman–Crippen MR) is 116 cm³/mol. The van der Waals surface area contributed by atoms with Gasteiger partial charge in [-0.2, -0.15) is 4.98 Å². The molecule has 1 aliphatic carbocycles. The molecule has 1 saturated heterocycles. The quantitative estimate of drug-likeness (QED) is 0.652. The number of amides is 1. The predicted octanol–water partition coefficient (Wildman–Crippen LogP) is 2.35. The Balaban J connectivity index is 1.27. The first-order valence-electron chi connectivity index (χ1n) is 11.2. The number of esters is 1. The van der Waals surface area contributed by atoms with Crippen LogP contribution in [0.3, 0.4) is 0 Å². The maximum Gasteiger partial charge on any atom is 0.338 e. The molecule has 2 fully saturated rings. The highest BCUT2D eigenvalue weighted by atomic mass is 16.5. The summed E-state index contributed by atoms with van der Waals surface area (Å²) < 4.78 is 15.8. The lowest BCUT2D eigenvalue weighted by Gasteiger charge is -2.48. The van der Waals surface area contributed by atoms with Gasteiger partial charge in [0.05, 0.1) is 18.8 Å². The molecule has 9 nitrogen and oxygen atoms in total. The fourth-order valence-electron chi connectivity index (χ4n) is 4.54. The molecule has 1 N–H and O–H groups in total. The van der Waals surface area contributed by atoms with E-state index in [9.17, 15) is 9.59 Å². The van der Waals surface area contributed by atoms with Crippen molar-refractivity contribution in [1.29, 1.82) is 0 Å². The summed E-state index contributed by atoms with van der Waals surface area (Å²) in [6.45, 7) is 5.26. The average Bonchev–Trinajstić information content (AvgIpc) is 3.28. The van der Waals surface area contributed by atoms with E-state index in [2.05, 4.69) is 20.4 Å². The summed E-state index contributed by atoms with van der Waals surface area (Å²) in [6.07, 6.45) is 5.71. The van der Waals surface area contributed by atoms with Crippen LogP contribution < -0.4 is 5.32 Å². The minimum Gasteiger partial charge on any atom is -0.452 e. The van der Waals surface area contributed by atoms with E-state index < -0.39 is 5.97 Å². The van der Waals surface area contributed by atoms with Crippen LogP contribution in [-0.4, -0.2) is 71.9 Å². The molecule has 4 rings (SSSR count). The SMILES string of the molecule is Cc1noc(-c2ccc(C(=O)OCC(=O)NCC3(N4CCOCC4)CCCCC3)cc2)n1. The maximum absolute atomic E-state index is 12.4. The largest absolute Gasteiger partial charge is 0.452 e. The number of ether oxygens (including phenoxy) is 2. The molecule has 172 valence electrons. The number of hydrogen-bond acceptors (Lipinski definition) is 8. The summed E-state index contributed by atoms with van der Waals surface area (Å²) in [5.74, 6) is 0.0975. The van der Waals surface area contributed by atoms with Crippen LogP contribution >= 0.6 is 0 Å². The van der Waals surface area contributed by atoms with Gasteiger partial charge in [-0.25, -0.2) is 4.79 Å². The van der Waals surface area contributed by atoms with Crippen molar-refractivity contribution in [2.24, 2.45) is 0 Å². The van der Waals surface area contributed by atoms with E-state index in [0.29, 0.717) is 29.4 Å². The summed E-state index contributed by atoms with van der Waals surface area (Å²) in [7, 11) is 0. The number of morpholine rings is 1. The van der Waals surface area contributed by atoms with Crippen LogP contribution in [0.25, 0.3) is 11.5 Å². The van der Waals surface area contributed by atoms with Crippen molar-refractivity contribution >= 4 is 11.9 Å². The Morgan fingerprint density at radius 2 is 1.84 bits per heavy atom. The number of rotatable bonds is 7. The minimum absolute atomic E-state index is 0.0232. The fourth-order valence-corrected chi connectivity index (χ4v) is 4.54. The second-order valence-corrected chi connectivity index (χ2v) is 8.46. The molecule has 2 aliphatic rings. The Kier molecular flexibility index (Phi) is 7.16. The van der Waals surface area contributed by atoms with Crippen molar-refractivity contribution in [2.45, 2.75) is 44.6 Å². The molecule has 1 aromatic heterocycles. The number of nitrogens with zero attached hydrogens (tertiary/aromatic N) is 3. The Hall–Kier alpha value is -2.78. The molecule has 0 radical (unpaired) electrons. The number of carbonyl (C=O) groups excluding carboxylic acids is 2. The number of aryl methyl sites for hydroxylation is 1. The third kappa shape index (κ3) is 5.34. The van der Waals surface area contributed by atoms with Crippen molar-refractivity contribution < 1.29 is 23.6 Å². The molecule has 0 unspecified atom stereocenters. The standard InChI is InChI=1S/C23H30N4O5/c1-17-25-21(32-26-17)18-5-7-19(8-6-18)22(29)31-15-20(28)24-16-23(9-3-2-4-10-23)27-11-13-30-14-12-27/h5-8H,2-4,9-16H2,1H3,(H,24,28). The highest BCUT2D eigenvalue weighted by Gasteiger charge is 2.38. The van der Waals surface area contributed by atoms with Gasteiger partial charge >= 0.3 is 5.97 Å². The molecular weight excluding hydrogens is 412 g/mol. The molecule has 2 aromatic rings. The summed E-state index contributed by atoms with van der Waals surface area (Å²) >= 11 is 0. The number of hydrogen-bond donors (Lipinski definition) is 1. The maximum atomic E-state index is 12.4. The van der Waals surface area contributed by atoms with Crippen molar-refractivity contribution in [2.75, 3.05) is 39.5 Å². The van der Waals surface area contributed by atoms with Crippen LogP contribution in [0.15, 0.2) is 28.8 Å².